The molecular formula is C19H30N2. The van der Waals surface area contributed by atoms with Crippen molar-refractivity contribution in [3.05, 3.63) is 35.4 Å². The second-order valence-corrected chi connectivity index (χ2v) is 6.90. The standard InChI is InChI=1S/C19H30N2/c20-14-19(17-9-3-1-2-4-10-17)21-13-7-12-16-8-5-6-11-18(16)15-21/h5-6,8,11,17,19H,1-4,7,9-10,12-15,20H2. The van der Waals surface area contributed by atoms with Crippen molar-refractivity contribution in [2.24, 2.45) is 11.7 Å². The first-order valence-corrected chi connectivity index (χ1v) is 8.89. The largest absolute Gasteiger partial charge is 0.329 e. The molecule has 2 nitrogen and oxygen atoms in total. The highest BCUT2D eigenvalue weighted by Gasteiger charge is 2.28. The molecule has 0 aromatic heterocycles. The molecule has 0 bridgehead atoms. The lowest BCUT2D eigenvalue weighted by Gasteiger charge is -2.35. The summed E-state index contributed by atoms with van der Waals surface area (Å²) in [5, 5.41) is 0. The molecule has 1 unspecified atom stereocenters. The van der Waals surface area contributed by atoms with E-state index in [1.54, 1.807) is 5.56 Å². The van der Waals surface area contributed by atoms with Crippen molar-refractivity contribution in [1.82, 2.24) is 4.90 Å². The Morgan fingerprint density at radius 2 is 1.71 bits per heavy atom. The molecule has 1 saturated carbocycles. The molecule has 0 amide bonds. The van der Waals surface area contributed by atoms with Crippen LogP contribution in [-0.4, -0.2) is 24.0 Å². The van der Waals surface area contributed by atoms with Crippen molar-refractivity contribution >= 4 is 0 Å². The van der Waals surface area contributed by atoms with Crippen LogP contribution in [0.2, 0.25) is 0 Å². The number of nitrogens with zero attached hydrogens (tertiary/aromatic N) is 1. The zero-order chi connectivity index (χ0) is 14.5. The summed E-state index contributed by atoms with van der Waals surface area (Å²) in [6.07, 6.45) is 11.0. The number of aryl methyl sites for hydroxylation is 1. The van der Waals surface area contributed by atoms with Crippen LogP contribution < -0.4 is 5.73 Å². The lowest BCUT2D eigenvalue weighted by Crippen LogP contribution is -2.45. The van der Waals surface area contributed by atoms with Crippen LogP contribution in [0.15, 0.2) is 24.3 Å². The van der Waals surface area contributed by atoms with Crippen LogP contribution in [0.3, 0.4) is 0 Å². The zero-order valence-corrected chi connectivity index (χ0v) is 13.3. The van der Waals surface area contributed by atoms with E-state index in [4.69, 9.17) is 5.73 Å². The Bertz CT molecular complexity index is 435. The topological polar surface area (TPSA) is 29.3 Å². The molecule has 1 aromatic carbocycles. The van der Waals surface area contributed by atoms with E-state index in [-0.39, 0.29) is 0 Å². The first-order valence-electron chi connectivity index (χ1n) is 8.89. The zero-order valence-electron chi connectivity index (χ0n) is 13.3. The fourth-order valence-electron chi connectivity index (χ4n) is 4.34. The molecule has 1 heterocycles. The highest BCUT2D eigenvalue weighted by molar-refractivity contribution is 5.28. The monoisotopic (exact) mass is 286 g/mol. The molecule has 1 aliphatic heterocycles. The first kappa shape index (κ1) is 15.1. The highest BCUT2D eigenvalue weighted by atomic mass is 15.2. The number of hydrogen-bond donors (Lipinski definition) is 1. The molecule has 1 aromatic rings. The fraction of sp³-hybridized carbons (Fsp3) is 0.684. The van der Waals surface area contributed by atoms with Gasteiger partial charge >= 0.3 is 0 Å². The third-order valence-corrected chi connectivity index (χ3v) is 5.54. The Morgan fingerprint density at radius 1 is 1.00 bits per heavy atom. The van der Waals surface area contributed by atoms with Crippen LogP contribution >= 0.6 is 0 Å². The van der Waals surface area contributed by atoms with Gasteiger partial charge in [-0.2, -0.15) is 0 Å². The first-order chi connectivity index (χ1) is 10.4. The number of hydrogen-bond acceptors (Lipinski definition) is 2. The maximum Gasteiger partial charge on any atom is 0.0250 e. The Hall–Kier alpha value is -0.860. The normalized spacial score (nSPS) is 23.1. The summed E-state index contributed by atoms with van der Waals surface area (Å²) in [6, 6.07) is 9.58. The van der Waals surface area contributed by atoms with Gasteiger partial charge in [-0.15, -0.1) is 0 Å². The van der Waals surface area contributed by atoms with Crippen molar-refractivity contribution < 1.29 is 0 Å². The number of rotatable bonds is 3. The van der Waals surface area contributed by atoms with E-state index >= 15 is 0 Å². The fourth-order valence-corrected chi connectivity index (χ4v) is 4.34. The molecule has 21 heavy (non-hydrogen) atoms. The van der Waals surface area contributed by atoms with Crippen LogP contribution in [0.25, 0.3) is 0 Å². The Kier molecular flexibility index (Phi) is 5.32. The van der Waals surface area contributed by atoms with Gasteiger partial charge in [0.25, 0.3) is 0 Å². The number of fused-ring (bicyclic) bond motifs is 1. The van der Waals surface area contributed by atoms with Crippen molar-refractivity contribution in [3.8, 4) is 0 Å². The van der Waals surface area contributed by atoms with E-state index in [0.717, 1.165) is 19.0 Å². The van der Waals surface area contributed by atoms with Crippen LogP contribution in [0.5, 0.6) is 0 Å². The minimum absolute atomic E-state index is 0.592. The molecule has 3 rings (SSSR count). The summed E-state index contributed by atoms with van der Waals surface area (Å²) in [5.41, 5.74) is 9.30. The predicted molar refractivity (Wildman–Crippen MR) is 89.2 cm³/mol. The molecule has 0 radical (unpaired) electrons. The van der Waals surface area contributed by atoms with Gasteiger partial charge in [0.15, 0.2) is 0 Å². The summed E-state index contributed by atoms with van der Waals surface area (Å²) in [5.74, 6) is 0.822. The minimum Gasteiger partial charge on any atom is -0.329 e. The Balaban J connectivity index is 1.74. The van der Waals surface area contributed by atoms with Gasteiger partial charge in [0.05, 0.1) is 0 Å². The molecule has 0 spiro atoms. The summed E-state index contributed by atoms with van der Waals surface area (Å²) in [4.78, 5) is 2.70. The van der Waals surface area contributed by atoms with E-state index in [2.05, 4.69) is 29.2 Å². The van der Waals surface area contributed by atoms with Crippen LogP contribution in [0.1, 0.15) is 56.1 Å². The van der Waals surface area contributed by atoms with E-state index < -0.39 is 0 Å². The van der Waals surface area contributed by atoms with Gasteiger partial charge in [0.2, 0.25) is 0 Å². The molecule has 2 N–H and O–H groups in total. The molecule has 1 fully saturated rings. The van der Waals surface area contributed by atoms with Crippen LogP contribution in [0.4, 0.5) is 0 Å². The van der Waals surface area contributed by atoms with Crippen LogP contribution in [-0.2, 0) is 13.0 Å². The van der Waals surface area contributed by atoms with Gasteiger partial charge in [-0.3, -0.25) is 4.90 Å². The number of nitrogens with two attached hydrogens (primary N) is 1. The summed E-state index contributed by atoms with van der Waals surface area (Å²) < 4.78 is 0. The maximum atomic E-state index is 6.21. The minimum atomic E-state index is 0.592. The van der Waals surface area contributed by atoms with Gasteiger partial charge in [0.1, 0.15) is 0 Å². The van der Waals surface area contributed by atoms with E-state index in [1.165, 1.54) is 63.5 Å². The second kappa shape index (κ2) is 7.42. The molecular weight excluding hydrogens is 256 g/mol. The number of benzene rings is 1. The van der Waals surface area contributed by atoms with Gasteiger partial charge in [-0.25, -0.2) is 0 Å². The Labute approximate surface area is 129 Å². The van der Waals surface area contributed by atoms with Gasteiger partial charge < -0.3 is 5.73 Å². The summed E-state index contributed by atoms with van der Waals surface area (Å²) in [6.45, 7) is 3.15. The molecule has 1 atom stereocenters. The lowest BCUT2D eigenvalue weighted by molar-refractivity contribution is 0.130. The van der Waals surface area contributed by atoms with Crippen molar-refractivity contribution in [1.29, 1.82) is 0 Å². The lowest BCUT2D eigenvalue weighted by atomic mass is 9.90. The second-order valence-electron chi connectivity index (χ2n) is 6.90. The quantitative estimate of drug-likeness (QED) is 0.858. The average Bonchev–Trinajstić information content (AvgIpc) is 2.89. The highest BCUT2D eigenvalue weighted by Crippen LogP contribution is 2.30. The third kappa shape index (κ3) is 3.67. The molecule has 1 aliphatic carbocycles. The maximum absolute atomic E-state index is 6.21. The smallest absolute Gasteiger partial charge is 0.0250 e. The molecule has 2 heteroatoms. The van der Waals surface area contributed by atoms with Gasteiger partial charge in [-0.1, -0.05) is 49.9 Å². The van der Waals surface area contributed by atoms with Crippen molar-refractivity contribution in [3.63, 3.8) is 0 Å². The Morgan fingerprint density at radius 3 is 2.43 bits per heavy atom. The van der Waals surface area contributed by atoms with Crippen molar-refractivity contribution in [2.45, 2.75) is 64.0 Å². The van der Waals surface area contributed by atoms with Gasteiger partial charge in [-0.05, 0) is 49.3 Å². The van der Waals surface area contributed by atoms with Gasteiger partial charge in [0, 0.05) is 19.1 Å². The SMILES string of the molecule is NCC(C1CCCCCC1)N1CCCc2ccccc2C1. The van der Waals surface area contributed by atoms with E-state index in [0.29, 0.717) is 6.04 Å². The third-order valence-electron chi connectivity index (χ3n) is 5.54. The predicted octanol–water partition coefficient (Wildman–Crippen LogP) is 3.73. The summed E-state index contributed by atoms with van der Waals surface area (Å²) in [7, 11) is 0. The molecule has 0 saturated heterocycles. The molecule has 2 aliphatic rings. The average molecular weight is 286 g/mol. The van der Waals surface area contributed by atoms with E-state index in [1.807, 2.05) is 0 Å². The van der Waals surface area contributed by atoms with Crippen LogP contribution in [0, 0.1) is 5.92 Å². The summed E-state index contributed by atoms with van der Waals surface area (Å²) >= 11 is 0. The molecule has 116 valence electrons. The van der Waals surface area contributed by atoms with Crippen molar-refractivity contribution in [2.75, 3.05) is 13.1 Å². The van der Waals surface area contributed by atoms with E-state index in [9.17, 15) is 0 Å².